The highest BCUT2D eigenvalue weighted by Gasteiger charge is 2.18. The van der Waals surface area contributed by atoms with Crippen LogP contribution < -0.4 is 4.74 Å². The molecular formula is C20H21N3O3S. The van der Waals surface area contributed by atoms with Crippen molar-refractivity contribution in [3.8, 4) is 22.8 Å². The Bertz CT molecular complexity index is 922. The lowest BCUT2D eigenvalue weighted by Gasteiger charge is -2.12. The number of aromatic nitrogens is 3. The minimum Gasteiger partial charge on any atom is -0.497 e. The molecule has 7 heteroatoms. The molecule has 0 aliphatic rings. The molecule has 2 aromatic carbocycles. The van der Waals surface area contributed by atoms with E-state index in [1.165, 1.54) is 11.8 Å². The van der Waals surface area contributed by atoms with Crippen molar-refractivity contribution in [2.24, 2.45) is 0 Å². The van der Waals surface area contributed by atoms with Gasteiger partial charge in [-0.05, 0) is 43.7 Å². The molecule has 1 heterocycles. The highest BCUT2D eigenvalue weighted by Crippen LogP contribution is 2.30. The van der Waals surface area contributed by atoms with Crippen molar-refractivity contribution in [3.63, 3.8) is 0 Å². The van der Waals surface area contributed by atoms with Crippen molar-refractivity contribution in [1.29, 1.82) is 0 Å². The Labute approximate surface area is 162 Å². The average Bonchev–Trinajstić information content (AvgIpc) is 3.11. The van der Waals surface area contributed by atoms with E-state index in [4.69, 9.17) is 9.47 Å². The summed E-state index contributed by atoms with van der Waals surface area (Å²) in [7, 11) is 1.63. The lowest BCUT2D eigenvalue weighted by atomic mass is 10.1. The first kappa shape index (κ1) is 19.0. The molecule has 1 aromatic heterocycles. The first-order chi connectivity index (χ1) is 13.1. The number of hydrogen-bond donors (Lipinski definition) is 0. The third kappa shape index (κ3) is 4.31. The Morgan fingerprint density at radius 1 is 1.11 bits per heavy atom. The maximum atomic E-state index is 11.8. The molecule has 6 nitrogen and oxygen atoms in total. The molecule has 0 fully saturated rings. The number of benzene rings is 2. The molecular weight excluding hydrogens is 362 g/mol. The van der Waals surface area contributed by atoms with E-state index in [9.17, 15) is 4.79 Å². The van der Waals surface area contributed by atoms with Crippen LogP contribution in [0.2, 0.25) is 0 Å². The molecule has 0 saturated heterocycles. The number of nitrogens with zero attached hydrogens (tertiary/aromatic N) is 3. The van der Waals surface area contributed by atoms with Crippen LogP contribution >= 0.6 is 11.8 Å². The van der Waals surface area contributed by atoms with Crippen molar-refractivity contribution in [1.82, 2.24) is 14.8 Å². The fourth-order valence-electron chi connectivity index (χ4n) is 2.65. The van der Waals surface area contributed by atoms with Gasteiger partial charge in [-0.3, -0.25) is 9.36 Å². The maximum absolute atomic E-state index is 11.8. The lowest BCUT2D eigenvalue weighted by Crippen LogP contribution is -2.08. The Hall–Kier alpha value is -2.80. The van der Waals surface area contributed by atoms with Gasteiger partial charge in [-0.1, -0.05) is 36.0 Å². The summed E-state index contributed by atoms with van der Waals surface area (Å²) in [5.74, 6) is 1.40. The monoisotopic (exact) mass is 383 g/mol. The summed E-state index contributed by atoms with van der Waals surface area (Å²) in [5, 5.41) is 9.35. The lowest BCUT2D eigenvalue weighted by molar-refractivity contribution is -0.139. The van der Waals surface area contributed by atoms with E-state index in [-0.39, 0.29) is 11.7 Å². The first-order valence-electron chi connectivity index (χ1n) is 8.58. The minimum atomic E-state index is -0.274. The molecule has 27 heavy (non-hydrogen) atoms. The SMILES string of the molecule is CCOC(=O)CSc1nnc(-c2ccccc2C)n1-c1ccc(OC)cc1. The number of methoxy groups -OCH3 is 1. The van der Waals surface area contributed by atoms with Crippen LogP contribution in [0.5, 0.6) is 5.75 Å². The number of rotatable bonds is 7. The van der Waals surface area contributed by atoms with Gasteiger partial charge in [0.15, 0.2) is 11.0 Å². The molecule has 0 spiro atoms. The van der Waals surface area contributed by atoms with E-state index >= 15 is 0 Å². The van der Waals surface area contributed by atoms with Crippen LogP contribution in [-0.4, -0.2) is 40.2 Å². The van der Waals surface area contributed by atoms with Gasteiger partial charge in [-0.2, -0.15) is 0 Å². The summed E-state index contributed by atoms with van der Waals surface area (Å²) in [6, 6.07) is 15.7. The zero-order valence-corrected chi connectivity index (χ0v) is 16.3. The highest BCUT2D eigenvalue weighted by molar-refractivity contribution is 7.99. The number of hydrogen-bond acceptors (Lipinski definition) is 6. The molecule has 3 aromatic rings. The van der Waals surface area contributed by atoms with Gasteiger partial charge in [0.2, 0.25) is 0 Å². The van der Waals surface area contributed by atoms with E-state index in [0.717, 1.165) is 28.4 Å². The second kappa shape index (κ2) is 8.73. The second-order valence-corrected chi connectivity index (χ2v) is 6.69. The topological polar surface area (TPSA) is 66.2 Å². The van der Waals surface area contributed by atoms with Gasteiger partial charge < -0.3 is 9.47 Å². The first-order valence-corrected chi connectivity index (χ1v) is 9.57. The molecule has 0 atom stereocenters. The van der Waals surface area contributed by atoms with Gasteiger partial charge in [0, 0.05) is 11.3 Å². The molecule has 0 saturated carbocycles. The summed E-state index contributed by atoms with van der Waals surface area (Å²) >= 11 is 1.30. The summed E-state index contributed by atoms with van der Waals surface area (Å²) in [6.07, 6.45) is 0. The molecule has 0 N–H and O–H groups in total. The number of thioether (sulfide) groups is 1. The van der Waals surface area contributed by atoms with Crippen LogP contribution in [0.1, 0.15) is 12.5 Å². The largest absolute Gasteiger partial charge is 0.497 e. The molecule has 0 radical (unpaired) electrons. The van der Waals surface area contributed by atoms with Crippen molar-refractivity contribution < 1.29 is 14.3 Å². The van der Waals surface area contributed by atoms with E-state index in [2.05, 4.69) is 10.2 Å². The summed E-state index contributed by atoms with van der Waals surface area (Å²) in [6.45, 7) is 4.19. The predicted molar refractivity (Wildman–Crippen MR) is 105 cm³/mol. The molecule has 0 unspecified atom stereocenters. The highest BCUT2D eigenvalue weighted by atomic mass is 32.2. The van der Waals surface area contributed by atoms with Gasteiger partial charge in [0.05, 0.1) is 19.5 Å². The Kier molecular flexibility index (Phi) is 6.13. The fourth-order valence-corrected chi connectivity index (χ4v) is 3.40. The van der Waals surface area contributed by atoms with Crippen LogP contribution in [0.25, 0.3) is 17.1 Å². The average molecular weight is 383 g/mol. The smallest absolute Gasteiger partial charge is 0.316 e. The molecule has 0 aliphatic carbocycles. The molecule has 0 aliphatic heterocycles. The molecule has 0 bridgehead atoms. The molecule has 140 valence electrons. The van der Waals surface area contributed by atoms with Crippen LogP contribution in [0.3, 0.4) is 0 Å². The van der Waals surface area contributed by atoms with E-state index < -0.39 is 0 Å². The maximum Gasteiger partial charge on any atom is 0.316 e. The predicted octanol–water partition coefficient (Wildman–Crippen LogP) is 3.91. The van der Waals surface area contributed by atoms with Crippen molar-refractivity contribution in [2.75, 3.05) is 19.5 Å². The van der Waals surface area contributed by atoms with Gasteiger partial charge in [0.25, 0.3) is 0 Å². The normalized spacial score (nSPS) is 10.6. The van der Waals surface area contributed by atoms with E-state index in [1.807, 2.05) is 60.0 Å². The van der Waals surface area contributed by atoms with Gasteiger partial charge in [-0.15, -0.1) is 10.2 Å². The third-order valence-electron chi connectivity index (χ3n) is 3.97. The molecule has 0 amide bonds. The van der Waals surface area contributed by atoms with E-state index in [1.54, 1.807) is 14.0 Å². The summed E-state index contributed by atoms with van der Waals surface area (Å²) in [5.41, 5.74) is 2.98. The number of ether oxygens (including phenoxy) is 2. The number of carbonyl (C=O) groups is 1. The zero-order valence-electron chi connectivity index (χ0n) is 15.5. The van der Waals surface area contributed by atoms with E-state index in [0.29, 0.717) is 11.8 Å². The Morgan fingerprint density at radius 2 is 1.85 bits per heavy atom. The van der Waals surface area contributed by atoms with Crippen molar-refractivity contribution >= 4 is 17.7 Å². The standard InChI is InChI=1S/C20H21N3O3S/c1-4-26-18(24)13-27-20-22-21-19(17-8-6-5-7-14(17)2)23(20)15-9-11-16(25-3)12-10-15/h5-12H,4,13H2,1-3H3. The Morgan fingerprint density at radius 3 is 2.52 bits per heavy atom. The quantitative estimate of drug-likeness (QED) is 0.455. The van der Waals surface area contributed by atoms with Crippen molar-refractivity contribution in [2.45, 2.75) is 19.0 Å². The van der Waals surface area contributed by atoms with Crippen LogP contribution in [0.4, 0.5) is 0 Å². The van der Waals surface area contributed by atoms with Gasteiger partial charge in [0.1, 0.15) is 5.75 Å². The van der Waals surface area contributed by atoms with Gasteiger partial charge in [-0.25, -0.2) is 0 Å². The minimum absolute atomic E-state index is 0.176. The zero-order chi connectivity index (χ0) is 19.2. The van der Waals surface area contributed by atoms with Crippen LogP contribution in [-0.2, 0) is 9.53 Å². The molecule has 3 rings (SSSR count). The summed E-state index contributed by atoms with van der Waals surface area (Å²) < 4.78 is 12.2. The Balaban J connectivity index is 2.03. The number of aryl methyl sites for hydroxylation is 1. The van der Waals surface area contributed by atoms with Crippen LogP contribution in [0, 0.1) is 6.92 Å². The second-order valence-electron chi connectivity index (χ2n) is 5.75. The summed E-state index contributed by atoms with van der Waals surface area (Å²) in [4.78, 5) is 11.8. The third-order valence-corrected chi connectivity index (χ3v) is 4.88. The van der Waals surface area contributed by atoms with Crippen LogP contribution in [0.15, 0.2) is 53.7 Å². The number of carbonyl (C=O) groups excluding carboxylic acids is 1. The number of esters is 1. The van der Waals surface area contributed by atoms with Crippen molar-refractivity contribution in [3.05, 3.63) is 54.1 Å². The van der Waals surface area contributed by atoms with Gasteiger partial charge >= 0.3 is 5.97 Å². The fraction of sp³-hybridized carbons (Fsp3) is 0.250.